The van der Waals surface area contributed by atoms with Crippen LogP contribution in [0.15, 0.2) is 72.8 Å². The molecule has 6 nitrogen and oxygen atoms in total. The Bertz CT molecular complexity index is 1860. The van der Waals surface area contributed by atoms with Gasteiger partial charge in [-0.3, -0.25) is 14.4 Å². The van der Waals surface area contributed by atoms with Crippen LogP contribution in [0.2, 0.25) is 0 Å². The van der Waals surface area contributed by atoms with Crippen LogP contribution in [0.3, 0.4) is 0 Å². The maximum atomic E-state index is 14.4. The van der Waals surface area contributed by atoms with E-state index < -0.39 is 35.5 Å². The van der Waals surface area contributed by atoms with E-state index in [1.165, 1.54) is 16.2 Å². The second-order valence-electron chi connectivity index (χ2n) is 10.8. The molecule has 7 heteroatoms. The molecule has 194 valence electrons. The molecule has 0 bridgehead atoms. The van der Waals surface area contributed by atoms with E-state index in [0.717, 1.165) is 57.2 Å². The van der Waals surface area contributed by atoms with Crippen molar-refractivity contribution >= 4 is 50.5 Å². The molecule has 0 N–H and O–H groups in total. The van der Waals surface area contributed by atoms with E-state index in [1.807, 2.05) is 66.7 Å². The quantitative estimate of drug-likeness (QED) is 0.182. The van der Waals surface area contributed by atoms with Crippen molar-refractivity contribution in [2.75, 3.05) is 4.90 Å². The van der Waals surface area contributed by atoms with Crippen LogP contribution in [0.1, 0.15) is 39.5 Å². The second kappa shape index (κ2) is 8.48. The number of nitriles is 1. The number of carbonyl (C=O) groups is 3. The number of anilines is 1. The Hall–Kier alpha value is -4.54. The summed E-state index contributed by atoms with van der Waals surface area (Å²) in [5.74, 6) is -3.89. The van der Waals surface area contributed by atoms with Gasteiger partial charge < -0.3 is 4.74 Å². The predicted molar refractivity (Wildman–Crippen MR) is 151 cm³/mol. The first kappa shape index (κ1) is 23.4. The minimum Gasteiger partial charge on any atom is -0.425 e. The highest BCUT2D eigenvalue weighted by Crippen LogP contribution is 2.56. The Balaban J connectivity index is 1.36. The number of nitrogens with zero attached hydrogens (tertiary/aromatic N) is 2. The van der Waals surface area contributed by atoms with Gasteiger partial charge >= 0.3 is 5.97 Å². The number of rotatable bonds is 2. The Kier molecular flexibility index (Phi) is 4.95. The minimum absolute atomic E-state index is 0.355. The van der Waals surface area contributed by atoms with Crippen LogP contribution in [0.25, 0.3) is 16.3 Å². The molecule has 0 unspecified atom stereocenters. The van der Waals surface area contributed by atoms with Gasteiger partial charge in [0.15, 0.2) is 0 Å². The van der Waals surface area contributed by atoms with Gasteiger partial charge in [-0.25, -0.2) is 4.90 Å². The lowest BCUT2D eigenvalue weighted by molar-refractivity contribution is -0.142. The van der Waals surface area contributed by atoms with Crippen LogP contribution in [-0.2, 0) is 27.2 Å². The first-order valence-electron chi connectivity index (χ1n) is 13.5. The van der Waals surface area contributed by atoms with Gasteiger partial charge in [0.1, 0.15) is 16.8 Å². The van der Waals surface area contributed by atoms with E-state index in [1.54, 1.807) is 6.07 Å². The SMILES string of the molecule is N#Cc1c(N2C(=O)[C@@H]3[C@@H]4C(=O)Oc5ccc6ccccc6c5C4=C[C@@H](c4ccccc4)[C@H]3C2=O)sc2c1CCC2. The topological polar surface area (TPSA) is 87.5 Å². The minimum atomic E-state index is -0.930. The van der Waals surface area contributed by atoms with Crippen molar-refractivity contribution in [1.29, 1.82) is 5.26 Å². The molecule has 0 spiro atoms. The van der Waals surface area contributed by atoms with E-state index in [0.29, 0.717) is 16.3 Å². The monoisotopic (exact) mass is 542 g/mol. The number of thiophene rings is 1. The van der Waals surface area contributed by atoms with Gasteiger partial charge in [0.05, 0.1) is 23.3 Å². The molecule has 40 heavy (non-hydrogen) atoms. The van der Waals surface area contributed by atoms with E-state index in [2.05, 4.69) is 6.07 Å². The molecule has 2 aliphatic carbocycles. The van der Waals surface area contributed by atoms with Crippen molar-refractivity contribution in [2.45, 2.75) is 25.2 Å². The van der Waals surface area contributed by atoms with Gasteiger partial charge in [-0.2, -0.15) is 5.26 Å². The van der Waals surface area contributed by atoms with Crippen LogP contribution in [0.4, 0.5) is 5.00 Å². The normalized spacial score (nSPS) is 24.6. The zero-order valence-electron chi connectivity index (χ0n) is 21.3. The Morgan fingerprint density at radius 2 is 1.68 bits per heavy atom. The standard InChI is InChI=1S/C33H22N2O4S/c34-16-23-20-11-6-12-25(20)40-32(23)35-30(36)27-21(17-7-2-1-3-8-17)15-22-26-19-10-5-4-9-18(19)13-14-24(26)39-33(38)28(22)29(27)31(35)37/h1-5,7-10,13-15,21,27-29H,6,11-12H2/t21-,27+,28+,29-/m0/s1. The molecule has 1 saturated heterocycles. The van der Waals surface area contributed by atoms with Crippen molar-refractivity contribution in [3.05, 3.63) is 99.9 Å². The summed E-state index contributed by atoms with van der Waals surface area (Å²) < 4.78 is 5.87. The number of fused-ring (bicyclic) bond motifs is 8. The van der Waals surface area contributed by atoms with E-state index >= 15 is 0 Å². The number of allylic oxidation sites excluding steroid dienone is 1. The maximum Gasteiger partial charge on any atom is 0.319 e. The van der Waals surface area contributed by atoms with E-state index in [-0.39, 0.29) is 5.91 Å². The van der Waals surface area contributed by atoms with E-state index in [4.69, 9.17) is 4.74 Å². The van der Waals surface area contributed by atoms with Crippen LogP contribution >= 0.6 is 11.3 Å². The van der Waals surface area contributed by atoms with Gasteiger partial charge in [0, 0.05) is 16.4 Å². The summed E-state index contributed by atoms with van der Waals surface area (Å²) in [5, 5.41) is 12.4. The summed E-state index contributed by atoms with van der Waals surface area (Å²) in [6.07, 6.45) is 4.60. The summed E-state index contributed by atoms with van der Waals surface area (Å²) >= 11 is 1.37. The molecule has 0 saturated carbocycles. The third-order valence-electron chi connectivity index (χ3n) is 8.88. The fraction of sp³-hybridized carbons (Fsp3) is 0.212. The number of hydrogen-bond acceptors (Lipinski definition) is 6. The van der Waals surface area contributed by atoms with Crippen molar-refractivity contribution in [1.82, 2.24) is 0 Å². The number of imide groups is 1. The summed E-state index contributed by atoms with van der Waals surface area (Å²) in [5.41, 5.74) is 3.81. The summed E-state index contributed by atoms with van der Waals surface area (Å²) in [6.45, 7) is 0. The third-order valence-corrected chi connectivity index (χ3v) is 10.2. The zero-order chi connectivity index (χ0) is 27.1. The largest absolute Gasteiger partial charge is 0.425 e. The zero-order valence-corrected chi connectivity index (χ0v) is 22.1. The van der Waals surface area contributed by atoms with Gasteiger partial charge in [0.25, 0.3) is 0 Å². The highest BCUT2D eigenvalue weighted by Gasteiger charge is 2.61. The number of esters is 1. The molecular weight excluding hydrogens is 520 g/mol. The molecule has 4 atom stereocenters. The predicted octanol–water partition coefficient (Wildman–Crippen LogP) is 5.78. The molecule has 2 aliphatic heterocycles. The molecule has 1 fully saturated rings. The molecule has 0 radical (unpaired) electrons. The number of hydrogen-bond donors (Lipinski definition) is 0. The van der Waals surface area contributed by atoms with Crippen LogP contribution < -0.4 is 9.64 Å². The third kappa shape index (κ3) is 3.05. The lowest BCUT2D eigenvalue weighted by atomic mass is 9.64. The van der Waals surface area contributed by atoms with Gasteiger partial charge in [-0.1, -0.05) is 66.7 Å². The smallest absolute Gasteiger partial charge is 0.319 e. The molecule has 3 heterocycles. The summed E-state index contributed by atoms with van der Waals surface area (Å²) in [6, 6.07) is 23.6. The molecule has 1 aromatic heterocycles. The lowest BCUT2D eigenvalue weighted by Gasteiger charge is -2.38. The van der Waals surface area contributed by atoms with Gasteiger partial charge in [0.2, 0.25) is 11.8 Å². The molecule has 8 rings (SSSR count). The molecule has 2 amide bonds. The number of carbonyl (C=O) groups excluding carboxylic acids is 3. The number of amides is 2. The molecular formula is C33H22N2O4S. The fourth-order valence-electron chi connectivity index (χ4n) is 7.20. The van der Waals surface area contributed by atoms with Gasteiger partial charge in [-0.05, 0) is 52.8 Å². The van der Waals surface area contributed by atoms with Crippen molar-refractivity contribution < 1.29 is 19.1 Å². The second-order valence-corrected chi connectivity index (χ2v) is 11.9. The van der Waals surface area contributed by atoms with Gasteiger partial charge in [-0.15, -0.1) is 11.3 Å². The van der Waals surface area contributed by atoms with Crippen molar-refractivity contribution in [3.63, 3.8) is 0 Å². The average Bonchev–Trinajstić information content (AvgIpc) is 3.64. The highest BCUT2D eigenvalue weighted by atomic mass is 32.1. The Morgan fingerprint density at radius 1 is 0.900 bits per heavy atom. The summed E-state index contributed by atoms with van der Waals surface area (Å²) in [4.78, 5) is 44.6. The maximum absolute atomic E-state index is 14.4. The Morgan fingerprint density at radius 3 is 2.50 bits per heavy atom. The first-order valence-corrected chi connectivity index (χ1v) is 14.3. The lowest BCUT2D eigenvalue weighted by Crippen LogP contribution is -2.42. The van der Waals surface area contributed by atoms with Crippen LogP contribution in [0.5, 0.6) is 5.75 Å². The fourth-order valence-corrected chi connectivity index (χ4v) is 8.54. The summed E-state index contributed by atoms with van der Waals surface area (Å²) in [7, 11) is 0. The van der Waals surface area contributed by atoms with Crippen LogP contribution in [-0.4, -0.2) is 17.8 Å². The van der Waals surface area contributed by atoms with Crippen molar-refractivity contribution in [3.8, 4) is 11.8 Å². The Labute approximate surface area is 234 Å². The number of benzene rings is 3. The van der Waals surface area contributed by atoms with Crippen LogP contribution in [0, 0.1) is 29.1 Å². The molecule has 4 aliphatic rings. The average molecular weight is 543 g/mol. The molecule has 4 aromatic rings. The first-order chi connectivity index (χ1) is 19.6. The molecule has 3 aromatic carbocycles. The number of aryl methyl sites for hydroxylation is 1. The highest BCUT2D eigenvalue weighted by molar-refractivity contribution is 7.17. The van der Waals surface area contributed by atoms with Crippen molar-refractivity contribution in [2.24, 2.45) is 17.8 Å². The number of ether oxygens (including phenoxy) is 1. The van der Waals surface area contributed by atoms with E-state index in [9.17, 15) is 19.6 Å².